The van der Waals surface area contributed by atoms with E-state index in [4.69, 9.17) is 0 Å². The summed E-state index contributed by atoms with van der Waals surface area (Å²) in [6.45, 7) is 0. The molecule has 3 rings (SSSR count). The number of nitrogens with one attached hydrogen (secondary N) is 1. The third-order valence-corrected chi connectivity index (χ3v) is 2.76. The van der Waals surface area contributed by atoms with Crippen molar-refractivity contribution < 1.29 is 9.67 Å². The molecule has 0 aliphatic carbocycles. The minimum atomic E-state index is -0.386. The first kappa shape index (κ1) is 10.5. The fourth-order valence-electron chi connectivity index (χ4n) is 1.89. The van der Waals surface area contributed by atoms with Crippen LogP contribution in [0.4, 0.5) is 0 Å². The average molecular weight is 240 g/mol. The van der Waals surface area contributed by atoms with Gasteiger partial charge in [-0.25, -0.2) is 0 Å². The molecule has 5 heteroatoms. The second-order valence-corrected chi connectivity index (χ2v) is 3.88. The Kier molecular flexibility index (Phi) is 2.30. The van der Waals surface area contributed by atoms with Gasteiger partial charge in [-0.2, -0.15) is 9.55 Å². The fraction of sp³-hybridized carbons (Fsp3) is 0. The quantitative estimate of drug-likeness (QED) is 0.621. The van der Waals surface area contributed by atoms with Crippen LogP contribution in [0.15, 0.2) is 53.8 Å². The molecule has 0 radical (unpaired) electrons. The van der Waals surface area contributed by atoms with Crippen molar-refractivity contribution in [3.05, 3.63) is 59.4 Å². The van der Waals surface area contributed by atoms with Crippen LogP contribution >= 0.6 is 0 Å². The van der Waals surface area contributed by atoms with Crippen LogP contribution in [0.1, 0.15) is 0 Å². The maximum atomic E-state index is 11.7. The van der Waals surface area contributed by atoms with Gasteiger partial charge in [0, 0.05) is 11.5 Å². The summed E-state index contributed by atoms with van der Waals surface area (Å²) < 4.78 is 1.56. The second-order valence-electron chi connectivity index (χ2n) is 3.88. The number of H-pyrrole nitrogens is 1. The molecular formula is C13H10N3O2+. The Labute approximate surface area is 102 Å². The normalized spacial score (nSPS) is 10.7. The van der Waals surface area contributed by atoms with E-state index < -0.39 is 0 Å². The van der Waals surface area contributed by atoms with E-state index in [9.17, 15) is 9.90 Å². The first-order valence-corrected chi connectivity index (χ1v) is 5.43. The molecule has 88 valence electrons. The van der Waals surface area contributed by atoms with Crippen LogP contribution in [0.5, 0.6) is 5.88 Å². The van der Waals surface area contributed by atoms with E-state index in [-0.39, 0.29) is 17.1 Å². The zero-order chi connectivity index (χ0) is 12.5. The molecule has 0 amide bonds. The lowest BCUT2D eigenvalue weighted by Crippen LogP contribution is -2.37. The molecule has 2 aromatic heterocycles. The van der Waals surface area contributed by atoms with Crippen LogP contribution in [0.2, 0.25) is 0 Å². The van der Waals surface area contributed by atoms with E-state index in [2.05, 4.69) is 9.97 Å². The van der Waals surface area contributed by atoms with E-state index >= 15 is 0 Å². The van der Waals surface area contributed by atoms with Crippen LogP contribution in [0, 0.1) is 0 Å². The molecule has 0 aliphatic heterocycles. The number of pyridine rings is 1. The number of aromatic amines is 1. The summed E-state index contributed by atoms with van der Waals surface area (Å²) in [5, 5.41) is 11.7. The van der Waals surface area contributed by atoms with Gasteiger partial charge in [0.05, 0.1) is 6.33 Å². The van der Waals surface area contributed by atoms with Gasteiger partial charge in [-0.1, -0.05) is 18.2 Å². The van der Waals surface area contributed by atoms with E-state index in [1.807, 2.05) is 30.3 Å². The summed E-state index contributed by atoms with van der Waals surface area (Å²) in [5.74, 6) is -0.293. The van der Waals surface area contributed by atoms with Crippen LogP contribution in [-0.4, -0.2) is 15.1 Å². The number of benzene rings is 1. The van der Waals surface area contributed by atoms with Gasteiger partial charge in [-0.15, -0.1) is 0 Å². The van der Waals surface area contributed by atoms with Crippen molar-refractivity contribution in [2.75, 3.05) is 0 Å². The minimum Gasteiger partial charge on any atom is -0.488 e. The molecule has 1 aromatic carbocycles. The molecule has 0 atom stereocenters. The van der Waals surface area contributed by atoms with Gasteiger partial charge in [-0.3, -0.25) is 4.79 Å². The molecule has 0 spiro atoms. The van der Waals surface area contributed by atoms with Gasteiger partial charge in [0.15, 0.2) is 12.4 Å². The predicted molar refractivity (Wildman–Crippen MR) is 65.6 cm³/mol. The highest BCUT2D eigenvalue weighted by Crippen LogP contribution is 2.12. The number of hydrogen-bond donors (Lipinski definition) is 2. The number of nitrogens with zero attached hydrogens (tertiary/aromatic N) is 2. The smallest absolute Gasteiger partial charge is 0.338 e. The van der Waals surface area contributed by atoms with E-state index in [1.165, 1.54) is 6.33 Å². The molecular weight excluding hydrogens is 230 g/mol. The van der Waals surface area contributed by atoms with Gasteiger partial charge >= 0.3 is 11.2 Å². The van der Waals surface area contributed by atoms with Crippen molar-refractivity contribution in [2.45, 2.75) is 0 Å². The maximum absolute atomic E-state index is 11.7. The van der Waals surface area contributed by atoms with Crippen molar-refractivity contribution in [1.82, 2.24) is 9.97 Å². The first-order valence-electron chi connectivity index (χ1n) is 5.43. The maximum Gasteiger partial charge on any atom is 0.338 e. The van der Waals surface area contributed by atoms with Crippen LogP contribution in [0.25, 0.3) is 16.5 Å². The van der Waals surface area contributed by atoms with E-state index in [0.717, 1.165) is 10.8 Å². The van der Waals surface area contributed by atoms with E-state index in [1.54, 1.807) is 17.0 Å². The lowest BCUT2D eigenvalue weighted by Gasteiger charge is -1.98. The molecule has 0 bridgehead atoms. The summed E-state index contributed by atoms with van der Waals surface area (Å²) >= 11 is 0. The topological polar surface area (TPSA) is 69.9 Å². The molecule has 0 fully saturated rings. The fourth-order valence-corrected chi connectivity index (χ4v) is 1.89. The highest BCUT2D eigenvalue weighted by molar-refractivity contribution is 5.80. The molecule has 0 aliphatic rings. The van der Waals surface area contributed by atoms with Gasteiger partial charge < -0.3 is 10.1 Å². The lowest BCUT2D eigenvalue weighted by molar-refractivity contribution is -0.596. The van der Waals surface area contributed by atoms with Crippen LogP contribution in [-0.2, 0) is 0 Å². The number of hydrogen-bond acceptors (Lipinski definition) is 3. The Morgan fingerprint density at radius 1 is 1.17 bits per heavy atom. The highest BCUT2D eigenvalue weighted by atomic mass is 16.3. The van der Waals surface area contributed by atoms with Gasteiger partial charge in [0.2, 0.25) is 0 Å². The SMILES string of the molecule is O=c1[nH]cnc(O)c1-[n+]1ccc2ccccc2c1. The summed E-state index contributed by atoms with van der Waals surface area (Å²) in [6, 6.07) is 9.66. The monoisotopic (exact) mass is 240 g/mol. The summed E-state index contributed by atoms with van der Waals surface area (Å²) in [4.78, 5) is 17.8. The standard InChI is InChI=1S/C13H9N3O2/c17-12-11(13(18)15-8-14-12)16-6-5-9-3-1-2-4-10(9)7-16/h1-8H,(H-,14,15,17,18)/p+1. The van der Waals surface area contributed by atoms with E-state index in [0.29, 0.717) is 0 Å². The van der Waals surface area contributed by atoms with Crippen molar-refractivity contribution in [3.8, 4) is 11.6 Å². The molecule has 2 N–H and O–H groups in total. The highest BCUT2D eigenvalue weighted by Gasteiger charge is 2.18. The minimum absolute atomic E-state index is 0.114. The largest absolute Gasteiger partial charge is 0.488 e. The molecule has 18 heavy (non-hydrogen) atoms. The van der Waals surface area contributed by atoms with Gasteiger partial charge in [0.1, 0.15) is 0 Å². The third-order valence-electron chi connectivity index (χ3n) is 2.76. The summed E-state index contributed by atoms with van der Waals surface area (Å²) in [7, 11) is 0. The Morgan fingerprint density at radius 2 is 1.94 bits per heavy atom. The third kappa shape index (κ3) is 1.62. The number of aromatic nitrogens is 3. The second kappa shape index (κ2) is 3.96. The molecule has 2 heterocycles. The van der Waals surface area contributed by atoms with Crippen molar-refractivity contribution in [3.63, 3.8) is 0 Å². The Morgan fingerprint density at radius 3 is 2.72 bits per heavy atom. The van der Waals surface area contributed by atoms with Crippen molar-refractivity contribution >= 4 is 10.8 Å². The molecule has 0 saturated heterocycles. The summed E-state index contributed by atoms with van der Waals surface area (Å²) in [6.07, 6.45) is 4.67. The van der Waals surface area contributed by atoms with Gasteiger partial charge in [0.25, 0.3) is 5.88 Å². The zero-order valence-electron chi connectivity index (χ0n) is 9.37. The number of fused-ring (bicyclic) bond motifs is 1. The molecule has 0 saturated carbocycles. The van der Waals surface area contributed by atoms with Gasteiger partial charge in [-0.05, 0) is 11.5 Å². The Bertz CT molecular complexity index is 780. The molecule has 5 nitrogen and oxygen atoms in total. The number of aromatic hydroxyl groups is 1. The summed E-state index contributed by atoms with van der Waals surface area (Å²) in [5.41, 5.74) is -0.272. The lowest BCUT2D eigenvalue weighted by atomic mass is 10.2. The predicted octanol–water partition coefficient (Wildman–Crippen LogP) is 0.905. The Hall–Kier alpha value is -2.69. The zero-order valence-corrected chi connectivity index (χ0v) is 9.37. The molecule has 0 unspecified atom stereocenters. The first-order chi connectivity index (χ1) is 8.75. The number of rotatable bonds is 1. The van der Waals surface area contributed by atoms with Crippen LogP contribution < -0.4 is 10.1 Å². The Balaban J connectivity index is 2.29. The van der Waals surface area contributed by atoms with Crippen molar-refractivity contribution in [2.24, 2.45) is 0 Å². The molecule has 3 aromatic rings. The van der Waals surface area contributed by atoms with Crippen LogP contribution in [0.3, 0.4) is 0 Å². The van der Waals surface area contributed by atoms with Crippen molar-refractivity contribution in [1.29, 1.82) is 0 Å². The average Bonchev–Trinajstić information content (AvgIpc) is 2.38.